The molecule has 1 atom stereocenters. The monoisotopic (exact) mass is 286 g/mol. The second kappa shape index (κ2) is 6.83. The third-order valence-electron chi connectivity index (χ3n) is 3.32. The van der Waals surface area contributed by atoms with E-state index in [1.54, 1.807) is 6.20 Å². The normalized spacial score (nSPS) is 12.0. The molecule has 5 heteroatoms. The number of para-hydroxylation sites is 1. The standard InChI is InChI=1S/C16H18N2O3/c1-11(19)18-13(6-7-16(20)21)10-12-8-9-17-15-5-3-2-4-14(12)15/h2-5,8-9,13H,6-7,10H2,1H3,(H,18,19)(H,20,21). The Morgan fingerprint density at radius 1 is 1.29 bits per heavy atom. The van der Waals surface area contributed by atoms with Gasteiger partial charge in [-0.25, -0.2) is 0 Å². The predicted octanol–water partition coefficient (Wildman–Crippen LogP) is 2.15. The van der Waals surface area contributed by atoms with E-state index in [1.165, 1.54) is 6.92 Å². The summed E-state index contributed by atoms with van der Waals surface area (Å²) in [6, 6.07) is 9.51. The quantitative estimate of drug-likeness (QED) is 0.852. The number of aromatic nitrogens is 1. The molecule has 0 bridgehead atoms. The molecule has 1 aromatic carbocycles. The van der Waals surface area contributed by atoms with E-state index >= 15 is 0 Å². The zero-order valence-corrected chi connectivity index (χ0v) is 11.9. The second-order valence-electron chi connectivity index (χ2n) is 5.02. The Morgan fingerprint density at radius 2 is 2.05 bits per heavy atom. The van der Waals surface area contributed by atoms with Gasteiger partial charge in [0.1, 0.15) is 0 Å². The Bertz CT molecular complexity index is 650. The van der Waals surface area contributed by atoms with E-state index < -0.39 is 5.97 Å². The van der Waals surface area contributed by atoms with Gasteiger partial charge in [-0.1, -0.05) is 18.2 Å². The van der Waals surface area contributed by atoms with Crippen molar-refractivity contribution in [1.29, 1.82) is 0 Å². The molecule has 110 valence electrons. The van der Waals surface area contributed by atoms with Crippen molar-refractivity contribution in [3.63, 3.8) is 0 Å². The molecule has 0 saturated carbocycles. The number of amides is 1. The summed E-state index contributed by atoms with van der Waals surface area (Å²) in [5.74, 6) is -1.01. The highest BCUT2D eigenvalue weighted by molar-refractivity contribution is 5.82. The van der Waals surface area contributed by atoms with Crippen molar-refractivity contribution in [3.8, 4) is 0 Å². The number of carbonyl (C=O) groups excluding carboxylic acids is 1. The Morgan fingerprint density at radius 3 is 2.76 bits per heavy atom. The van der Waals surface area contributed by atoms with E-state index in [2.05, 4.69) is 10.3 Å². The second-order valence-corrected chi connectivity index (χ2v) is 5.02. The molecule has 0 aliphatic carbocycles. The number of hydrogen-bond acceptors (Lipinski definition) is 3. The summed E-state index contributed by atoms with van der Waals surface area (Å²) >= 11 is 0. The highest BCUT2D eigenvalue weighted by atomic mass is 16.4. The number of carbonyl (C=O) groups is 2. The van der Waals surface area contributed by atoms with Gasteiger partial charge in [0.15, 0.2) is 0 Å². The summed E-state index contributed by atoms with van der Waals surface area (Å²) in [6.45, 7) is 1.44. The van der Waals surface area contributed by atoms with Crippen molar-refractivity contribution >= 4 is 22.8 Å². The molecule has 0 aliphatic heterocycles. The van der Waals surface area contributed by atoms with Crippen molar-refractivity contribution in [2.75, 3.05) is 0 Å². The summed E-state index contributed by atoms with van der Waals surface area (Å²) in [7, 11) is 0. The van der Waals surface area contributed by atoms with Gasteiger partial charge in [-0.3, -0.25) is 14.6 Å². The molecule has 21 heavy (non-hydrogen) atoms. The number of nitrogens with zero attached hydrogens (tertiary/aromatic N) is 1. The minimum Gasteiger partial charge on any atom is -0.481 e. The molecule has 1 heterocycles. The average Bonchev–Trinajstić information content (AvgIpc) is 2.44. The predicted molar refractivity (Wildman–Crippen MR) is 79.9 cm³/mol. The van der Waals surface area contributed by atoms with Crippen LogP contribution in [0.5, 0.6) is 0 Å². The number of aliphatic carboxylic acids is 1. The number of rotatable bonds is 6. The van der Waals surface area contributed by atoms with Crippen LogP contribution in [0, 0.1) is 0 Å². The van der Waals surface area contributed by atoms with E-state index in [1.807, 2.05) is 30.3 Å². The van der Waals surface area contributed by atoms with E-state index in [-0.39, 0.29) is 18.4 Å². The van der Waals surface area contributed by atoms with Crippen LogP contribution in [0.15, 0.2) is 36.5 Å². The molecule has 1 amide bonds. The van der Waals surface area contributed by atoms with Crippen molar-refractivity contribution in [3.05, 3.63) is 42.1 Å². The van der Waals surface area contributed by atoms with Gasteiger partial charge in [0.05, 0.1) is 5.52 Å². The fourth-order valence-corrected chi connectivity index (χ4v) is 2.41. The first-order valence-electron chi connectivity index (χ1n) is 6.88. The van der Waals surface area contributed by atoms with Crippen LogP contribution < -0.4 is 5.32 Å². The lowest BCUT2D eigenvalue weighted by Crippen LogP contribution is -2.35. The van der Waals surface area contributed by atoms with E-state index in [9.17, 15) is 9.59 Å². The van der Waals surface area contributed by atoms with Gasteiger partial charge in [-0.15, -0.1) is 0 Å². The molecule has 0 fully saturated rings. The Balaban J connectivity index is 2.21. The van der Waals surface area contributed by atoms with E-state index in [4.69, 9.17) is 5.11 Å². The fourth-order valence-electron chi connectivity index (χ4n) is 2.41. The lowest BCUT2D eigenvalue weighted by atomic mass is 9.99. The summed E-state index contributed by atoms with van der Waals surface area (Å²) in [4.78, 5) is 26.3. The number of nitrogens with one attached hydrogen (secondary N) is 1. The topological polar surface area (TPSA) is 79.3 Å². The third-order valence-corrected chi connectivity index (χ3v) is 3.32. The number of carboxylic acids is 1. The van der Waals surface area contributed by atoms with Crippen LogP contribution in [0.2, 0.25) is 0 Å². The van der Waals surface area contributed by atoms with Crippen LogP contribution in [0.3, 0.4) is 0 Å². The molecule has 0 spiro atoms. The van der Waals surface area contributed by atoms with Crippen molar-refractivity contribution < 1.29 is 14.7 Å². The molecule has 0 saturated heterocycles. The lowest BCUT2D eigenvalue weighted by Gasteiger charge is -2.18. The highest BCUT2D eigenvalue weighted by Gasteiger charge is 2.14. The van der Waals surface area contributed by atoms with Crippen LogP contribution in [0.4, 0.5) is 0 Å². The molecule has 1 aromatic heterocycles. The molecule has 0 radical (unpaired) electrons. The molecule has 5 nitrogen and oxygen atoms in total. The van der Waals surface area contributed by atoms with E-state index in [0.29, 0.717) is 12.8 Å². The first-order valence-corrected chi connectivity index (χ1v) is 6.88. The number of carboxylic acid groups (broad SMARTS) is 1. The third kappa shape index (κ3) is 4.27. The molecule has 1 unspecified atom stereocenters. The maximum atomic E-state index is 11.3. The Hall–Kier alpha value is -2.43. The van der Waals surface area contributed by atoms with Gasteiger partial charge in [-0.05, 0) is 30.5 Å². The van der Waals surface area contributed by atoms with Crippen LogP contribution in [0.1, 0.15) is 25.3 Å². The van der Waals surface area contributed by atoms with Gasteiger partial charge in [0.2, 0.25) is 5.91 Å². The minimum atomic E-state index is -0.857. The van der Waals surface area contributed by atoms with Gasteiger partial charge in [0.25, 0.3) is 0 Å². The molecule has 2 rings (SSSR count). The van der Waals surface area contributed by atoms with E-state index in [0.717, 1.165) is 16.5 Å². The number of hydrogen-bond donors (Lipinski definition) is 2. The zero-order valence-electron chi connectivity index (χ0n) is 11.9. The number of pyridine rings is 1. The summed E-state index contributed by atoms with van der Waals surface area (Å²) in [5, 5.41) is 12.7. The number of fused-ring (bicyclic) bond motifs is 1. The highest BCUT2D eigenvalue weighted by Crippen LogP contribution is 2.18. The van der Waals surface area contributed by atoms with Crippen LogP contribution >= 0.6 is 0 Å². The SMILES string of the molecule is CC(=O)NC(CCC(=O)O)Cc1ccnc2ccccc12. The maximum Gasteiger partial charge on any atom is 0.303 e. The van der Waals surface area contributed by atoms with Gasteiger partial charge < -0.3 is 10.4 Å². The van der Waals surface area contributed by atoms with Crippen molar-refractivity contribution in [2.45, 2.75) is 32.2 Å². The lowest BCUT2D eigenvalue weighted by molar-refractivity contribution is -0.137. The Kier molecular flexibility index (Phi) is 4.87. The van der Waals surface area contributed by atoms with Gasteiger partial charge in [0, 0.05) is 31.0 Å². The van der Waals surface area contributed by atoms with Crippen LogP contribution in [0.25, 0.3) is 10.9 Å². The smallest absolute Gasteiger partial charge is 0.303 e. The summed E-state index contributed by atoms with van der Waals surface area (Å²) < 4.78 is 0. The molecule has 2 N–H and O–H groups in total. The fraction of sp³-hybridized carbons (Fsp3) is 0.312. The van der Waals surface area contributed by atoms with Crippen LogP contribution in [-0.2, 0) is 16.0 Å². The van der Waals surface area contributed by atoms with Gasteiger partial charge in [-0.2, -0.15) is 0 Å². The van der Waals surface area contributed by atoms with Crippen molar-refractivity contribution in [2.24, 2.45) is 0 Å². The first-order chi connectivity index (χ1) is 10.1. The first kappa shape index (κ1) is 15.0. The zero-order chi connectivity index (χ0) is 15.2. The maximum absolute atomic E-state index is 11.3. The molecular formula is C16H18N2O3. The van der Waals surface area contributed by atoms with Crippen LogP contribution in [-0.4, -0.2) is 28.0 Å². The molecule has 0 aliphatic rings. The summed E-state index contributed by atoms with van der Waals surface area (Å²) in [6.07, 6.45) is 2.77. The molecule has 2 aromatic rings. The largest absolute Gasteiger partial charge is 0.481 e. The number of benzene rings is 1. The minimum absolute atomic E-state index is 0.0357. The summed E-state index contributed by atoms with van der Waals surface area (Å²) in [5.41, 5.74) is 1.96. The average molecular weight is 286 g/mol. The van der Waals surface area contributed by atoms with Crippen molar-refractivity contribution in [1.82, 2.24) is 10.3 Å². The molecular weight excluding hydrogens is 268 g/mol. The van der Waals surface area contributed by atoms with Gasteiger partial charge >= 0.3 is 5.97 Å². The Labute approximate surface area is 123 Å².